The average molecular weight is 274 g/mol. The van der Waals surface area contributed by atoms with E-state index in [0.717, 1.165) is 10.2 Å². The van der Waals surface area contributed by atoms with Crippen molar-refractivity contribution in [1.82, 2.24) is 15.0 Å². The van der Waals surface area contributed by atoms with Crippen molar-refractivity contribution in [2.24, 2.45) is 0 Å². The minimum atomic E-state index is 0.362. The zero-order valence-corrected chi connectivity index (χ0v) is 9.33. The first-order valence-corrected chi connectivity index (χ1v) is 4.97. The maximum absolute atomic E-state index is 5.99. The lowest BCUT2D eigenvalue weighted by Gasteiger charge is -2.02. The van der Waals surface area contributed by atoms with Gasteiger partial charge in [0.15, 0.2) is 5.82 Å². The number of hydrogen-bond donors (Lipinski definition) is 1. The van der Waals surface area contributed by atoms with Crippen molar-refractivity contribution in [2.75, 3.05) is 5.73 Å². The first-order chi connectivity index (χ1) is 6.66. The van der Waals surface area contributed by atoms with Gasteiger partial charge in [0, 0.05) is 4.47 Å². The zero-order valence-electron chi connectivity index (χ0n) is 6.98. The number of anilines is 1. The Bertz CT molecular complexity index is 468. The highest BCUT2D eigenvalue weighted by Gasteiger charge is 2.05. The van der Waals surface area contributed by atoms with Gasteiger partial charge in [-0.05, 0) is 18.2 Å². The number of rotatable bonds is 1. The summed E-state index contributed by atoms with van der Waals surface area (Å²) in [5.41, 5.74) is 6.20. The molecule has 0 unspecified atom stereocenters. The first kappa shape index (κ1) is 9.48. The Morgan fingerprint density at radius 3 is 2.86 bits per heavy atom. The SMILES string of the molecule is Nc1cn(-c2cc(Br)ccc2Cl)nn1. The molecule has 0 aliphatic rings. The molecule has 0 spiro atoms. The molecule has 4 nitrogen and oxygen atoms in total. The van der Waals surface area contributed by atoms with E-state index in [9.17, 15) is 0 Å². The Labute approximate surface area is 93.8 Å². The number of nitrogen functional groups attached to an aromatic ring is 1. The van der Waals surface area contributed by atoms with Crippen LogP contribution in [0.1, 0.15) is 0 Å². The molecule has 2 aromatic rings. The van der Waals surface area contributed by atoms with E-state index in [2.05, 4.69) is 26.2 Å². The minimum absolute atomic E-state index is 0.362. The fourth-order valence-electron chi connectivity index (χ4n) is 1.06. The molecule has 0 bridgehead atoms. The summed E-state index contributed by atoms with van der Waals surface area (Å²) in [6.45, 7) is 0. The van der Waals surface area contributed by atoms with Gasteiger partial charge >= 0.3 is 0 Å². The van der Waals surface area contributed by atoms with Gasteiger partial charge in [-0.15, -0.1) is 5.10 Å². The van der Waals surface area contributed by atoms with Crippen LogP contribution in [0, 0.1) is 0 Å². The van der Waals surface area contributed by atoms with Crippen LogP contribution in [0.3, 0.4) is 0 Å². The molecule has 2 N–H and O–H groups in total. The summed E-state index contributed by atoms with van der Waals surface area (Å²) in [7, 11) is 0. The Kier molecular flexibility index (Phi) is 2.43. The van der Waals surface area contributed by atoms with Gasteiger partial charge in [-0.25, -0.2) is 4.68 Å². The summed E-state index contributed by atoms with van der Waals surface area (Å²) in [5, 5.41) is 8.10. The smallest absolute Gasteiger partial charge is 0.166 e. The molecule has 0 saturated carbocycles. The Morgan fingerprint density at radius 1 is 1.43 bits per heavy atom. The third-order valence-corrected chi connectivity index (χ3v) is 2.48. The van der Waals surface area contributed by atoms with Crippen molar-refractivity contribution in [3.63, 3.8) is 0 Å². The monoisotopic (exact) mass is 272 g/mol. The van der Waals surface area contributed by atoms with Crippen LogP contribution in [0.25, 0.3) is 5.69 Å². The largest absolute Gasteiger partial charge is 0.381 e. The molecule has 14 heavy (non-hydrogen) atoms. The lowest BCUT2D eigenvalue weighted by atomic mass is 10.3. The highest BCUT2D eigenvalue weighted by atomic mass is 79.9. The van der Waals surface area contributed by atoms with Crippen molar-refractivity contribution >= 4 is 33.3 Å². The molecule has 1 aromatic carbocycles. The predicted octanol–water partition coefficient (Wildman–Crippen LogP) is 2.27. The molecule has 0 fully saturated rings. The number of halogens is 2. The van der Waals surface area contributed by atoms with E-state index in [1.165, 1.54) is 4.68 Å². The topological polar surface area (TPSA) is 56.7 Å². The van der Waals surface area contributed by atoms with Crippen molar-refractivity contribution in [3.05, 3.63) is 33.9 Å². The van der Waals surface area contributed by atoms with Gasteiger partial charge in [-0.2, -0.15) is 0 Å². The van der Waals surface area contributed by atoms with Crippen molar-refractivity contribution in [3.8, 4) is 5.69 Å². The van der Waals surface area contributed by atoms with Gasteiger partial charge in [0.1, 0.15) is 0 Å². The highest BCUT2D eigenvalue weighted by Crippen LogP contribution is 2.23. The van der Waals surface area contributed by atoms with Crippen LogP contribution < -0.4 is 5.73 Å². The maximum Gasteiger partial charge on any atom is 0.166 e. The molecule has 0 atom stereocenters. The summed E-state index contributed by atoms with van der Waals surface area (Å²) in [5.74, 6) is 0.362. The van der Waals surface area contributed by atoms with Crippen molar-refractivity contribution in [1.29, 1.82) is 0 Å². The quantitative estimate of drug-likeness (QED) is 0.867. The lowest BCUT2D eigenvalue weighted by Crippen LogP contribution is -1.95. The lowest BCUT2D eigenvalue weighted by molar-refractivity contribution is 0.804. The third kappa shape index (κ3) is 1.73. The van der Waals surface area contributed by atoms with Gasteiger partial charge in [-0.1, -0.05) is 32.7 Å². The van der Waals surface area contributed by atoms with Crippen LogP contribution in [0.4, 0.5) is 5.82 Å². The predicted molar refractivity (Wildman–Crippen MR) is 58.5 cm³/mol. The molecule has 1 aromatic heterocycles. The van der Waals surface area contributed by atoms with Crippen LogP contribution in [0.15, 0.2) is 28.9 Å². The van der Waals surface area contributed by atoms with Crippen LogP contribution in [-0.4, -0.2) is 15.0 Å². The third-order valence-electron chi connectivity index (χ3n) is 1.67. The van der Waals surface area contributed by atoms with E-state index in [-0.39, 0.29) is 0 Å². The molecule has 0 aliphatic carbocycles. The second kappa shape index (κ2) is 3.59. The molecular formula is C8H6BrClN4. The average Bonchev–Trinajstić information content (AvgIpc) is 2.56. The second-order valence-corrected chi connectivity index (χ2v) is 4.01. The molecule has 0 radical (unpaired) electrons. The fraction of sp³-hybridized carbons (Fsp3) is 0. The molecule has 0 saturated heterocycles. The fourth-order valence-corrected chi connectivity index (χ4v) is 1.61. The number of hydrogen-bond acceptors (Lipinski definition) is 3. The number of nitrogens with two attached hydrogens (primary N) is 1. The highest BCUT2D eigenvalue weighted by molar-refractivity contribution is 9.10. The Morgan fingerprint density at radius 2 is 2.21 bits per heavy atom. The molecule has 1 heterocycles. The van der Waals surface area contributed by atoms with Crippen LogP contribution in [-0.2, 0) is 0 Å². The normalized spacial score (nSPS) is 10.4. The molecule has 0 aliphatic heterocycles. The van der Waals surface area contributed by atoms with E-state index < -0.39 is 0 Å². The second-order valence-electron chi connectivity index (χ2n) is 2.68. The molecule has 6 heteroatoms. The van der Waals surface area contributed by atoms with Crippen LogP contribution >= 0.6 is 27.5 Å². The summed E-state index contributed by atoms with van der Waals surface area (Å²) < 4.78 is 2.45. The Balaban J connectivity index is 2.55. The number of nitrogens with zero attached hydrogens (tertiary/aromatic N) is 3. The van der Waals surface area contributed by atoms with Gasteiger partial charge < -0.3 is 5.73 Å². The maximum atomic E-state index is 5.99. The minimum Gasteiger partial charge on any atom is -0.381 e. The van der Waals surface area contributed by atoms with Crippen LogP contribution in [0.5, 0.6) is 0 Å². The zero-order chi connectivity index (χ0) is 10.1. The molecule has 2 rings (SSSR count). The summed E-state index contributed by atoms with van der Waals surface area (Å²) >= 11 is 9.34. The van der Waals surface area contributed by atoms with Crippen LogP contribution in [0.2, 0.25) is 5.02 Å². The van der Waals surface area contributed by atoms with Gasteiger partial charge in [0.2, 0.25) is 0 Å². The van der Waals surface area contributed by atoms with E-state index in [1.54, 1.807) is 12.3 Å². The van der Waals surface area contributed by atoms with E-state index in [4.69, 9.17) is 17.3 Å². The van der Waals surface area contributed by atoms with Gasteiger partial charge in [0.05, 0.1) is 16.9 Å². The Hall–Kier alpha value is -1.07. The first-order valence-electron chi connectivity index (χ1n) is 3.80. The summed E-state index contributed by atoms with van der Waals surface area (Å²) in [6.07, 6.45) is 1.60. The molecular weight excluding hydrogens is 267 g/mol. The van der Waals surface area contributed by atoms with Gasteiger partial charge in [-0.3, -0.25) is 0 Å². The number of aromatic nitrogens is 3. The van der Waals surface area contributed by atoms with Crippen molar-refractivity contribution in [2.45, 2.75) is 0 Å². The van der Waals surface area contributed by atoms with Gasteiger partial charge in [0.25, 0.3) is 0 Å². The standard InChI is InChI=1S/C8H6BrClN4/c9-5-1-2-6(10)7(3-5)14-4-8(11)12-13-14/h1-4H,11H2. The van der Waals surface area contributed by atoms with E-state index in [0.29, 0.717) is 10.8 Å². The van der Waals surface area contributed by atoms with E-state index >= 15 is 0 Å². The van der Waals surface area contributed by atoms with Crippen molar-refractivity contribution < 1.29 is 0 Å². The van der Waals surface area contributed by atoms with E-state index in [1.807, 2.05) is 12.1 Å². The molecule has 72 valence electrons. The summed E-state index contributed by atoms with van der Waals surface area (Å²) in [6, 6.07) is 5.47. The number of benzene rings is 1. The molecule has 0 amide bonds. The summed E-state index contributed by atoms with van der Waals surface area (Å²) in [4.78, 5) is 0.